The Morgan fingerprint density at radius 2 is 2.33 bits per heavy atom. The van der Waals surface area contributed by atoms with Crippen LogP contribution in [0.4, 0.5) is 0 Å². The molecule has 0 spiro atoms. The van der Waals surface area contributed by atoms with E-state index < -0.39 is 0 Å². The maximum atomic E-state index is 8.75. The highest BCUT2D eigenvalue weighted by atomic mass is 15.2. The number of hydrogen-bond donors (Lipinski definition) is 1. The van der Waals surface area contributed by atoms with Gasteiger partial charge in [-0.25, -0.2) is 0 Å². The molecule has 1 saturated heterocycles. The van der Waals surface area contributed by atoms with Gasteiger partial charge in [0.1, 0.15) is 0 Å². The first-order chi connectivity index (χ1) is 5.65. The molecule has 12 heavy (non-hydrogen) atoms. The summed E-state index contributed by atoms with van der Waals surface area (Å²) in [5.41, 5.74) is 5.82. The predicted molar refractivity (Wildman–Crippen MR) is 48.5 cm³/mol. The van der Waals surface area contributed by atoms with Gasteiger partial charge in [-0.2, -0.15) is 5.26 Å². The van der Waals surface area contributed by atoms with Gasteiger partial charge in [-0.1, -0.05) is 0 Å². The van der Waals surface area contributed by atoms with Gasteiger partial charge >= 0.3 is 0 Å². The van der Waals surface area contributed by atoms with Gasteiger partial charge in [0.25, 0.3) is 0 Å². The summed E-state index contributed by atoms with van der Waals surface area (Å²) in [5.74, 6) is 0. The molecule has 1 aliphatic heterocycles. The third kappa shape index (κ3) is 1.96. The average molecular weight is 167 g/mol. The van der Waals surface area contributed by atoms with Crippen molar-refractivity contribution >= 4 is 0 Å². The van der Waals surface area contributed by atoms with Crippen molar-refractivity contribution in [1.29, 1.82) is 5.26 Å². The number of nitrogens with two attached hydrogens (primary N) is 1. The van der Waals surface area contributed by atoms with Crippen LogP contribution in [0.25, 0.3) is 0 Å². The van der Waals surface area contributed by atoms with Crippen molar-refractivity contribution in [3.05, 3.63) is 0 Å². The van der Waals surface area contributed by atoms with Crippen LogP contribution in [0.15, 0.2) is 0 Å². The zero-order valence-corrected chi connectivity index (χ0v) is 7.83. The van der Waals surface area contributed by atoms with Crippen molar-refractivity contribution < 1.29 is 0 Å². The smallest absolute Gasteiger partial charge is 0.0951 e. The van der Waals surface area contributed by atoms with Crippen LogP contribution in [0.5, 0.6) is 0 Å². The molecule has 0 amide bonds. The van der Waals surface area contributed by atoms with Crippen LogP contribution in [0.2, 0.25) is 0 Å². The second-order valence-corrected chi connectivity index (χ2v) is 3.68. The van der Waals surface area contributed by atoms with Gasteiger partial charge < -0.3 is 5.73 Å². The summed E-state index contributed by atoms with van der Waals surface area (Å²) in [4.78, 5) is 2.23. The highest BCUT2D eigenvalue weighted by Gasteiger charge is 2.26. The number of piperidine rings is 1. The molecule has 1 fully saturated rings. The lowest BCUT2D eigenvalue weighted by Crippen LogP contribution is -2.48. The van der Waals surface area contributed by atoms with Crippen LogP contribution in [-0.2, 0) is 0 Å². The Hall–Kier alpha value is -0.590. The third-order valence-electron chi connectivity index (χ3n) is 2.65. The maximum Gasteiger partial charge on any atom is 0.0951 e. The van der Waals surface area contributed by atoms with Gasteiger partial charge in [-0.15, -0.1) is 0 Å². The molecule has 0 bridgehead atoms. The van der Waals surface area contributed by atoms with Crippen LogP contribution in [0.1, 0.15) is 26.7 Å². The summed E-state index contributed by atoms with van der Waals surface area (Å²) < 4.78 is 0. The Balaban J connectivity index is 2.51. The quantitative estimate of drug-likeness (QED) is 0.625. The van der Waals surface area contributed by atoms with Gasteiger partial charge in [-0.05, 0) is 26.7 Å². The minimum Gasteiger partial charge on any atom is -0.328 e. The van der Waals surface area contributed by atoms with Gasteiger partial charge in [0.05, 0.1) is 12.1 Å². The topological polar surface area (TPSA) is 53.0 Å². The molecule has 0 aromatic carbocycles. The van der Waals surface area contributed by atoms with E-state index in [0.717, 1.165) is 19.4 Å². The van der Waals surface area contributed by atoms with E-state index in [1.807, 2.05) is 6.92 Å². The van der Waals surface area contributed by atoms with Crippen LogP contribution < -0.4 is 5.73 Å². The zero-order valence-electron chi connectivity index (χ0n) is 7.83. The summed E-state index contributed by atoms with van der Waals surface area (Å²) in [6, 6.07) is 3.10. The van der Waals surface area contributed by atoms with Gasteiger partial charge in [0, 0.05) is 18.6 Å². The minimum absolute atomic E-state index is 0.0347. The predicted octanol–water partition coefficient (Wildman–Crippen LogP) is 0.710. The summed E-state index contributed by atoms with van der Waals surface area (Å²) in [7, 11) is 0. The lowest BCUT2D eigenvalue weighted by Gasteiger charge is -2.37. The molecule has 3 atom stereocenters. The first kappa shape index (κ1) is 9.50. The average Bonchev–Trinajstić information content (AvgIpc) is 2.03. The van der Waals surface area contributed by atoms with Crippen molar-refractivity contribution in [1.82, 2.24) is 4.90 Å². The molecule has 0 saturated carbocycles. The van der Waals surface area contributed by atoms with E-state index >= 15 is 0 Å². The van der Waals surface area contributed by atoms with E-state index in [9.17, 15) is 0 Å². The summed E-state index contributed by atoms with van der Waals surface area (Å²) in [6.07, 6.45) is 2.04. The first-order valence-corrected chi connectivity index (χ1v) is 4.56. The highest BCUT2D eigenvalue weighted by Crippen LogP contribution is 2.17. The van der Waals surface area contributed by atoms with Crippen LogP contribution in [0.3, 0.4) is 0 Å². The molecule has 0 aliphatic carbocycles. The molecule has 2 N–H and O–H groups in total. The van der Waals surface area contributed by atoms with E-state index in [0.29, 0.717) is 12.1 Å². The van der Waals surface area contributed by atoms with E-state index in [1.54, 1.807) is 0 Å². The first-order valence-electron chi connectivity index (χ1n) is 4.56. The van der Waals surface area contributed by atoms with Crippen molar-refractivity contribution in [2.24, 2.45) is 5.73 Å². The lowest BCUT2D eigenvalue weighted by molar-refractivity contribution is 0.128. The third-order valence-corrected chi connectivity index (χ3v) is 2.65. The molecular formula is C9H17N3. The molecular weight excluding hydrogens is 150 g/mol. The maximum absolute atomic E-state index is 8.75. The monoisotopic (exact) mass is 167 g/mol. The van der Waals surface area contributed by atoms with Crippen molar-refractivity contribution in [2.75, 3.05) is 6.54 Å². The Morgan fingerprint density at radius 1 is 1.67 bits per heavy atom. The van der Waals surface area contributed by atoms with Gasteiger partial charge in [0.15, 0.2) is 0 Å². The Labute approximate surface area is 74.1 Å². The molecule has 0 aromatic rings. The molecule has 1 heterocycles. The number of rotatable bonds is 1. The molecule has 0 radical (unpaired) electrons. The summed E-state index contributed by atoms with van der Waals surface area (Å²) in [5, 5.41) is 8.75. The van der Waals surface area contributed by atoms with Crippen LogP contribution in [0, 0.1) is 11.3 Å². The normalized spacial score (nSPS) is 34.2. The van der Waals surface area contributed by atoms with Gasteiger partial charge in [0.2, 0.25) is 0 Å². The lowest BCUT2D eigenvalue weighted by atomic mass is 9.98. The summed E-state index contributed by atoms with van der Waals surface area (Å²) in [6.45, 7) is 5.07. The largest absolute Gasteiger partial charge is 0.328 e. The van der Waals surface area contributed by atoms with Crippen molar-refractivity contribution in [3.8, 4) is 6.07 Å². The molecule has 3 heteroatoms. The fourth-order valence-electron chi connectivity index (χ4n) is 1.88. The van der Waals surface area contributed by atoms with Crippen molar-refractivity contribution in [3.63, 3.8) is 0 Å². The van der Waals surface area contributed by atoms with E-state index in [-0.39, 0.29) is 6.04 Å². The van der Waals surface area contributed by atoms with E-state index in [4.69, 9.17) is 11.0 Å². The molecule has 1 rings (SSSR count). The standard InChI is InChI=1S/C9H17N3/c1-7-5-9(11)3-4-12(7)8(2)6-10/h7-9H,3-5,11H2,1-2H3. The van der Waals surface area contributed by atoms with Crippen LogP contribution in [-0.4, -0.2) is 29.6 Å². The number of hydrogen-bond acceptors (Lipinski definition) is 3. The number of likely N-dealkylation sites (tertiary alicyclic amines) is 1. The Kier molecular flexibility index (Phi) is 3.07. The number of nitriles is 1. The SMILES string of the molecule is CC(C#N)N1CCC(N)CC1C. The Morgan fingerprint density at radius 3 is 2.83 bits per heavy atom. The molecule has 68 valence electrons. The minimum atomic E-state index is 0.0347. The second-order valence-electron chi connectivity index (χ2n) is 3.68. The fourth-order valence-corrected chi connectivity index (χ4v) is 1.88. The molecule has 1 aliphatic rings. The fraction of sp³-hybridized carbons (Fsp3) is 0.889. The Bertz CT molecular complexity index is 185. The van der Waals surface area contributed by atoms with E-state index in [2.05, 4.69) is 17.9 Å². The van der Waals surface area contributed by atoms with Crippen molar-refractivity contribution in [2.45, 2.75) is 44.8 Å². The van der Waals surface area contributed by atoms with Gasteiger partial charge in [-0.3, -0.25) is 4.90 Å². The summed E-state index contributed by atoms with van der Waals surface area (Å²) >= 11 is 0. The highest BCUT2D eigenvalue weighted by molar-refractivity contribution is 4.93. The van der Waals surface area contributed by atoms with Crippen LogP contribution >= 0.6 is 0 Å². The molecule has 3 unspecified atom stereocenters. The number of nitrogens with zero attached hydrogens (tertiary/aromatic N) is 2. The second kappa shape index (κ2) is 3.88. The molecule has 0 aromatic heterocycles. The van der Waals surface area contributed by atoms with E-state index in [1.165, 1.54) is 0 Å². The molecule has 3 nitrogen and oxygen atoms in total. The zero-order chi connectivity index (χ0) is 9.14.